The third kappa shape index (κ3) is 3.94. The van der Waals surface area contributed by atoms with Gasteiger partial charge in [-0.3, -0.25) is 0 Å². The zero-order valence-corrected chi connectivity index (χ0v) is 10.7. The van der Waals surface area contributed by atoms with Gasteiger partial charge in [0.15, 0.2) is 0 Å². The number of nitrogens with one attached hydrogen (secondary N) is 1. The largest absolute Gasteiger partial charge is 0.416 e. The fourth-order valence-electron chi connectivity index (χ4n) is 2.62. The zero-order valence-electron chi connectivity index (χ0n) is 10.7. The number of alkyl halides is 3. The van der Waals surface area contributed by atoms with E-state index in [1.54, 1.807) is 6.07 Å². The summed E-state index contributed by atoms with van der Waals surface area (Å²) >= 11 is 0. The van der Waals surface area contributed by atoms with Crippen LogP contribution < -0.4 is 11.1 Å². The first-order chi connectivity index (χ1) is 8.97. The maximum atomic E-state index is 12.8. The molecular formula is C14H19F3N2. The van der Waals surface area contributed by atoms with Crippen LogP contribution in [0.2, 0.25) is 0 Å². The second-order valence-corrected chi connectivity index (χ2v) is 5.16. The molecule has 0 spiro atoms. The molecule has 1 aliphatic rings. The molecule has 1 aliphatic carbocycles. The Hall–Kier alpha value is -1.07. The van der Waals surface area contributed by atoms with Crippen LogP contribution in [0.5, 0.6) is 0 Å². The van der Waals surface area contributed by atoms with Crippen LogP contribution in [0, 0.1) is 0 Å². The smallest absolute Gasteiger partial charge is 0.328 e. The van der Waals surface area contributed by atoms with Crippen molar-refractivity contribution < 1.29 is 13.2 Å². The van der Waals surface area contributed by atoms with Gasteiger partial charge in [-0.05, 0) is 30.9 Å². The van der Waals surface area contributed by atoms with Gasteiger partial charge in [0, 0.05) is 18.6 Å². The molecule has 5 heteroatoms. The molecule has 1 saturated carbocycles. The number of benzene rings is 1. The monoisotopic (exact) mass is 272 g/mol. The fraction of sp³-hybridized carbons (Fsp3) is 0.571. The molecule has 0 bridgehead atoms. The van der Waals surface area contributed by atoms with Crippen LogP contribution in [0.1, 0.15) is 36.8 Å². The van der Waals surface area contributed by atoms with Gasteiger partial charge in [0.1, 0.15) is 0 Å². The number of halogens is 3. The molecule has 0 radical (unpaired) electrons. The molecule has 3 N–H and O–H groups in total. The van der Waals surface area contributed by atoms with Crippen molar-refractivity contribution in [2.24, 2.45) is 5.73 Å². The van der Waals surface area contributed by atoms with Gasteiger partial charge in [0.2, 0.25) is 0 Å². The molecule has 2 rings (SSSR count). The van der Waals surface area contributed by atoms with E-state index < -0.39 is 11.7 Å². The summed E-state index contributed by atoms with van der Waals surface area (Å²) in [6, 6.07) is 6.11. The van der Waals surface area contributed by atoms with E-state index in [0.29, 0.717) is 5.56 Å². The standard InChI is InChI=1S/C14H19F3N2/c15-14(16,17)13-7-2-1-4-10(13)9-19-12-6-3-5-11(18)8-12/h1-2,4,7,11-12,19H,3,5-6,8-9,18H2. The normalized spacial score (nSPS) is 24.4. The van der Waals surface area contributed by atoms with Crippen molar-refractivity contribution in [3.05, 3.63) is 35.4 Å². The highest BCUT2D eigenvalue weighted by atomic mass is 19.4. The average molecular weight is 272 g/mol. The van der Waals surface area contributed by atoms with Crippen LogP contribution in [0.15, 0.2) is 24.3 Å². The highest BCUT2D eigenvalue weighted by molar-refractivity contribution is 5.29. The lowest BCUT2D eigenvalue weighted by molar-refractivity contribution is -0.138. The molecule has 0 heterocycles. The second-order valence-electron chi connectivity index (χ2n) is 5.16. The van der Waals surface area contributed by atoms with Crippen molar-refractivity contribution in [1.29, 1.82) is 0 Å². The summed E-state index contributed by atoms with van der Waals surface area (Å²) in [4.78, 5) is 0. The summed E-state index contributed by atoms with van der Waals surface area (Å²) in [5.74, 6) is 0. The van der Waals surface area contributed by atoms with E-state index in [0.717, 1.165) is 31.7 Å². The minimum Gasteiger partial charge on any atom is -0.328 e. The lowest BCUT2D eigenvalue weighted by Crippen LogP contribution is -2.39. The molecule has 0 amide bonds. The van der Waals surface area contributed by atoms with Crippen LogP contribution in [0.25, 0.3) is 0 Å². The third-order valence-corrected chi connectivity index (χ3v) is 3.62. The molecule has 0 saturated heterocycles. The molecule has 0 aliphatic heterocycles. The van der Waals surface area contributed by atoms with Crippen molar-refractivity contribution in [2.45, 2.75) is 50.5 Å². The summed E-state index contributed by atoms with van der Waals surface area (Å²) in [6.45, 7) is 0.243. The first-order valence-electron chi connectivity index (χ1n) is 6.61. The summed E-state index contributed by atoms with van der Waals surface area (Å²) < 4.78 is 38.5. The topological polar surface area (TPSA) is 38.0 Å². The van der Waals surface area contributed by atoms with E-state index in [2.05, 4.69) is 5.32 Å². The summed E-state index contributed by atoms with van der Waals surface area (Å²) in [7, 11) is 0. The molecular weight excluding hydrogens is 253 g/mol. The molecule has 1 aromatic rings. The Morgan fingerprint density at radius 2 is 1.95 bits per heavy atom. The first-order valence-corrected chi connectivity index (χ1v) is 6.61. The second kappa shape index (κ2) is 5.92. The quantitative estimate of drug-likeness (QED) is 0.887. The number of hydrogen-bond donors (Lipinski definition) is 2. The average Bonchev–Trinajstić information content (AvgIpc) is 2.36. The van der Waals surface area contributed by atoms with Gasteiger partial charge in [0.25, 0.3) is 0 Å². The number of hydrogen-bond acceptors (Lipinski definition) is 2. The van der Waals surface area contributed by atoms with Gasteiger partial charge in [-0.15, -0.1) is 0 Å². The minimum absolute atomic E-state index is 0.170. The molecule has 2 unspecified atom stereocenters. The van der Waals surface area contributed by atoms with E-state index in [1.165, 1.54) is 12.1 Å². The molecule has 0 aromatic heterocycles. The highest BCUT2D eigenvalue weighted by Crippen LogP contribution is 2.32. The fourth-order valence-corrected chi connectivity index (χ4v) is 2.62. The van der Waals surface area contributed by atoms with E-state index in [4.69, 9.17) is 5.73 Å². The number of nitrogens with two attached hydrogens (primary N) is 1. The Labute approximate surface area is 111 Å². The van der Waals surface area contributed by atoms with Gasteiger partial charge in [-0.1, -0.05) is 24.6 Å². The lowest BCUT2D eigenvalue weighted by Gasteiger charge is -2.28. The maximum Gasteiger partial charge on any atom is 0.416 e. The Kier molecular flexibility index (Phi) is 4.47. The van der Waals surface area contributed by atoms with Gasteiger partial charge in [-0.25, -0.2) is 0 Å². The SMILES string of the molecule is NC1CCCC(NCc2ccccc2C(F)(F)F)C1. The first kappa shape index (κ1) is 14.3. The van der Waals surface area contributed by atoms with Crippen LogP contribution in [0.3, 0.4) is 0 Å². The van der Waals surface area contributed by atoms with Gasteiger partial charge in [0.05, 0.1) is 5.56 Å². The molecule has 2 nitrogen and oxygen atoms in total. The third-order valence-electron chi connectivity index (χ3n) is 3.62. The Bertz CT molecular complexity index is 417. The van der Waals surface area contributed by atoms with Crippen molar-refractivity contribution in [2.75, 3.05) is 0 Å². The van der Waals surface area contributed by atoms with E-state index >= 15 is 0 Å². The van der Waals surface area contributed by atoms with Crippen molar-refractivity contribution in [3.8, 4) is 0 Å². The van der Waals surface area contributed by atoms with Crippen LogP contribution in [0.4, 0.5) is 13.2 Å². The molecule has 1 fully saturated rings. The Morgan fingerprint density at radius 1 is 1.21 bits per heavy atom. The lowest BCUT2D eigenvalue weighted by atomic mass is 9.91. The van der Waals surface area contributed by atoms with Crippen molar-refractivity contribution in [3.63, 3.8) is 0 Å². The predicted molar refractivity (Wildman–Crippen MR) is 68.5 cm³/mol. The van der Waals surface area contributed by atoms with E-state index in [-0.39, 0.29) is 18.6 Å². The Morgan fingerprint density at radius 3 is 2.63 bits per heavy atom. The molecule has 2 atom stereocenters. The van der Waals surface area contributed by atoms with Crippen LogP contribution in [-0.2, 0) is 12.7 Å². The highest BCUT2D eigenvalue weighted by Gasteiger charge is 2.32. The predicted octanol–water partition coefficient (Wildman–Crippen LogP) is 3.06. The molecule has 1 aromatic carbocycles. The van der Waals surface area contributed by atoms with Crippen LogP contribution in [-0.4, -0.2) is 12.1 Å². The summed E-state index contributed by atoms with van der Waals surface area (Å²) in [5.41, 5.74) is 5.62. The van der Waals surface area contributed by atoms with Gasteiger partial charge < -0.3 is 11.1 Å². The van der Waals surface area contributed by atoms with E-state index in [9.17, 15) is 13.2 Å². The number of rotatable bonds is 3. The summed E-state index contributed by atoms with van der Waals surface area (Å²) in [6.07, 6.45) is -0.408. The van der Waals surface area contributed by atoms with Gasteiger partial charge in [-0.2, -0.15) is 13.2 Å². The van der Waals surface area contributed by atoms with Crippen LogP contribution >= 0.6 is 0 Å². The van der Waals surface area contributed by atoms with E-state index in [1.807, 2.05) is 0 Å². The minimum atomic E-state index is -4.29. The van der Waals surface area contributed by atoms with Crippen molar-refractivity contribution in [1.82, 2.24) is 5.32 Å². The van der Waals surface area contributed by atoms with Crippen molar-refractivity contribution >= 4 is 0 Å². The molecule has 19 heavy (non-hydrogen) atoms. The van der Waals surface area contributed by atoms with Gasteiger partial charge >= 0.3 is 6.18 Å². The summed E-state index contributed by atoms with van der Waals surface area (Å²) in [5, 5.41) is 3.20. The Balaban J connectivity index is 1.99. The maximum absolute atomic E-state index is 12.8. The molecule has 106 valence electrons. The zero-order chi connectivity index (χ0) is 13.9.